The van der Waals surface area contributed by atoms with Crippen LogP contribution in [0.15, 0.2) is 12.4 Å². The average Bonchev–Trinajstić information content (AvgIpc) is 3.19. The number of rotatable bonds is 5. The fourth-order valence-electron chi connectivity index (χ4n) is 4.45. The van der Waals surface area contributed by atoms with E-state index in [0.717, 1.165) is 51.9 Å². The molecule has 3 heterocycles. The lowest BCUT2D eigenvalue weighted by molar-refractivity contribution is -0.138. The Morgan fingerprint density at radius 1 is 1.14 bits per heavy atom. The number of aryl methyl sites for hydroxylation is 1. The van der Waals surface area contributed by atoms with Crippen molar-refractivity contribution < 1.29 is 9.59 Å². The van der Waals surface area contributed by atoms with Crippen LogP contribution >= 0.6 is 0 Å². The van der Waals surface area contributed by atoms with Crippen molar-refractivity contribution in [1.29, 1.82) is 0 Å². The third-order valence-corrected chi connectivity index (χ3v) is 6.10. The van der Waals surface area contributed by atoms with E-state index in [1.165, 1.54) is 18.7 Å². The molecule has 2 aliphatic heterocycles. The molecule has 0 saturated carbocycles. The summed E-state index contributed by atoms with van der Waals surface area (Å²) >= 11 is 0. The predicted octanol–water partition coefficient (Wildman–Crippen LogP) is 2.78. The second-order valence-corrected chi connectivity index (χ2v) is 8.39. The van der Waals surface area contributed by atoms with E-state index < -0.39 is 0 Å². The number of carbonyl (C=O) groups is 2. The molecule has 0 aromatic carbocycles. The van der Waals surface area contributed by atoms with Crippen LogP contribution in [0.1, 0.15) is 57.2 Å². The maximum atomic E-state index is 13.0. The van der Waals surface area contributed by atoms with Crippen LogP contribution in [-0.2, 0) is 11.3 Å². The zero-order valence-corrected chi connectivity index (χ0v) is 17.6. The molecule has 3 amide bonds. The fraction of sp³-hybridized carbons (Fsp3) is 0.762. The van der Waals surface area contributed by atoms with E-state index in [1.807, 2.05) is 16.0 Å². The van der Waals surface area contributed by atoms with Gasteiger partial charge in [0.05, 0.1) is 5.92 Å². The smallest absolute Gasteiger partial charge is 0.319 e. The summed E-state index contributed by atoms with van der Waals surface area (Å²) in [5.41, 5.74) is 0. The highest BCUT2D eigenvalue weighted by Crippen LogP contribution is 2.29. The van der Waals surface area contributed by atoms with E-state index in [9.17, 15) is 9.59 Å². The number of hydrogen-bond acceptors (Lipinski definition) is 3. The van der Waals surface area contributed by atoms with E-state index in [-0.39, 0.29) is 17.9 Å². The van der Waals surface area contributed by atoms with Crippen LogP contribution in [0.3, 0.4) is 0 Å². The number of hydrogen-bond donors (Lipinski definition) is 0. The van der Waals surface area contributed by atoms with Crippen molar-refractivity contribution in [3.05, 3.63) is 18.2 Å². The summed E-state index contributed by atoms with van der Waals surface area (Å²) in [5.74, 6) is 1.79. The molecule has 3 rings (SSSR count). The van der Waals surface area contributed by atoms with E-state index >= 15 is 0 Å². The monoisotopic (exact) mass is 389 g/mol. The van der Waals surface area contributed by atoms with E-state index in [1.54, 1.807) is 19.0 Å². The van der Waals surface area contributed by atoms with Gasteiger partial charge in [0.15, 0.2) is 0 Å². The lowest BCUT2D eigenvalue weighted by Gasteiger charge is -2.38. The maximum Gasteiger partial charge on any atom is 0.319 e. The van der Waals surface area contributed by atoms with E-state index in [2.05, 4.69) is 22.7 Å². The molecule has 2 aliphatic rings. The van der Waals surface area contributed by atoms with Gasteiger partial charge in [-0.2, -0.15) is 0 Å². The Morgan fingerprint density at radius 2 is 1.89 bits per heavy atom. The maximum absolute atomic E-state index is 13.0. The molecular weight excluding hydrogens is 354 g/mol. The van der Waals surface area contributed by atoms with Gasteiger partial charge in [-0.05, 0) is 32.1 Å². The quantitative estimate of drug-likeness (QED) is 0.778. The van der Waals surface area contributed by atoms with Gasteiger partial charge in [0, 0.05) is 65.1 Å². The number of nitrogens with zero attached hydrogens (tertiary/aromatic N) is 5. The number of likely N-dealkylation sites (tertiary alicyclic amines) is 2. The molecule has 0 aliphatic carbocycles. The Bertz CT molecular complexity index is 664. The van der Waals surface area contributed by atoms with Crippen LogP contribution in [0.5, 0.6) is 0 Å². The van der Waals surface area contributed by atoms with Crippen molar-refractivity contribution in [2.45, 2.75) is 57.9 Å². The highest BCUT2D eigenvalue weighted by atomic mass is 16.2. The first kappa shape index (κ1) is 20.7. The predicted molar refractivity (Wildman–Crippen MR) is 109 cm³/mol. The Labute approximate surface area is 168 Å². The molecule has 2 fully saturated rings. The third kappa shape index (κ3) is 4.67. The molecule has 1 aromatic rings. The number of carbonyl (C=O) groups excluding carboxylic acids is 2. The van der Waals surface area contributed by atoms with E-state index in [0.29, 0.717) is 12.5 Å². The minimum absolute atomic E-state index is 0.00937. The minimum Gasteiger partial charge on any atom is -0.342 e. The van der Waals surface area contributed by atoms with Gasteiger partial charge in [0.25, 0.3) is 0 Å². The van der Waals surface area contributed by atoms with Gasteiger partial charge in [0.2, 0.25) is 5.91 Å². The summed E-state index contributed by atoms with van der Waals surface area (Å²) in [4.78, 5) is 35.3. The fourth-order valence-corrected chi connectivity index (χ4v) is 4.45. The Balaban J connectivity index is 1.54. The van der Waals surface area contributed by atoms with E-state index in [4.69, 9.17) is 0 Å². The molecule has 1 unspecified atom stereocenters. The van der Waals surface area contributed by atoms with Crippen molar-refractivity contribution in [2.75, 3.05) is 40.3 Å². The molecule has 7 nitrogen and oxygen atoms in total. The van der Waals surface area contributed by atoms with Crippen LogP contribution in [0.25, 0.3) is 0 Å². The van der Waals surface area contributed by atoms with Crippen LogP contribution < -0.4 is 0 Å². The van der Waals surface area contributed by atoms with Crippen molar-refractivity contribution in [2.24, 2.45) is 5.92 Å². The van der Waals surface area contributed by atoms with Gasteiger partial charge in [-0.3, -0.25) is 4.79 Å². The molecule has 7 heteroatoms. The molecule has 2 saturated heterocycles. The zero-order valence-electron chi connectivity index (χ0n) is 17.6. The van der Waals surface area contributed by atoms with Gasteiger partial charge in [-0.25, -0.2) is 9.78 Å². The lowest BCUT2D eigenvalue weighted by atomic mass is 9.92. The number of imidazole rings is 1. The average molecular weight is 390 g/mol. The summed E-state index contributed by atoms with van der Waals surface area (Å²) < 4.78 is 2.29. The van der Waals surface area contributed by atoms with Gasteiger partial charge < -0.3 is 19.3 Å². The van der Waals surface area contributed by atoms with Gasteiger partial charge in [-0.1, -0.05) is 13.3 Å². The highest BCUT2D eigenvalue weighted by Gasteiger charge is 2.34. The van der Waals surface area contributed by atoms with Gasteiger partial charge in [0.1, 0.15) is 5.82 Å². The Morgan fingerprint density at radius 3 is 2.57 bits per heavy atom. The normalized spacial score (nSPS) is 21.0. The highest BCUT2D eigenvalue weighted by molar-refractivity contribution is 5.81. The second-order valence-electron chi connectivity index (χ2n) is 8.39. The molecule has 0 N–H and O–H groups in total. The van der Waals surface area contributed by atoms with Gasteiger partial charge in [-0.15, -0.1) is 0 Å². The summed E-state index contributed by atoms with van der Waals surface area (Å²) in [6, 6.07) is 0.00937. The standard InChI is InChI=1S/C21H35N5O2/c1-4-5-11-24-15-10-22-19(24)17-8-13-25(14-9-17)20(27)18-7-6-12-26(16-18)21(28)23(2)3/h10,15,17-18H,4-9,11-14,16H2,1-3H3. The summed E-state index contributed by atoms with van der Waals surface area (Å²) in [6.45, 7) is 6.13. The number of aromatic nitrogens is 2. The van der Waals surface area contributed by atoms with Crippen LogP contribution in [0.2, 0.25) is 0 Å². The summed E-state index contributed by atoms with van der Waals surface area (Å²) in [6.07, 6.45) is 10.1. The molecule has 0 radical (unpaired) electrons. The molecule has 1 aromatic heterocycles. The first-order valence-corrected chi connectivity index (χ1v) is 10.8. The topological polar surface area (TPSA) is 61.7 Å². The van der Waals surface area contributed by atoms with Crippen molar-refractivity contribution in [3.63, 3.8) is 0 Å². The number of urea groups is 1. The number of amides is 3. The van der Waals surface area contributed by atoms with Crippen LogP contribution in [0.4, 0.5) is 4.79 Å². The molecular formula is C21H35N5O2. The van der Waals surface area contributed by atoms with Gasteiger partial charge >= 0.3 is 6.03 Å². The zero-order chi connectivity index (χ0) is 20.1. The number of unbranched alkanes of at least 4 members (excludes halogenated alkanes) is 1. The minimum atomic E-state index is -0.0549. The molecule has 156 valence electrons. The SMILES string of the molecule is CCCCn1ccnc1C1CCN(C(=O)C2CCCN(C(=O)N(C)C)C2)CC1. The lowest BCUT2D eigenvalue weighted by Crippen LogP contribution is -2.50. The largest absolute Gasteiger partial charge is 0.342 e. The summed E-state index contributed by atoms with van der Waals surface area (Å²) in [5, 5.41) is 0. The molecule has 1 atom stereocenters. The Hall–Kier alpha value is -2.05. The Kier molecular flexibility index (Phi) is 6.97. The number of piperidine rings is 2. The molecule has 0 spiro atoms. The molecule has 28 heavy (non-hydrogen) atoms. The van der Waals surface area contributed by atoms with Crippen molar-refractivity contribution in [1.82, 2.24) is 24.3 Å². The third-order valence-electron chi connectivity index (χ3n) is 6.10. The first-order valence-electron chi connectivity index (χ1n) is 10.8. The summed E-state index contributed by atoms with van der Waals surface area (Å²) in [7, 11) is 3.53. The molecule has 0 bridgehead atoms. The van der Waals surface area contributed by atoms with Crippen molar-refractivity contribution >= 4 is 11.9 Å². The van der Waals surface area contributed by atoms with Crippen LogP contribution in [-0.4, -0.2) is 76.5 Å². The van der Waals surface area contributed by atoms with Crippen LogP contribution in [0, 0.1) is 5.92 Å². The first-order chi connectivity index (χ1) is 13.5. The second kappa shape index (κ2) is 9.43. The van der Waals surface area contributed by atoms with Crippen molar-refractivity contribution in [3.8, 4) is 0 Å².